The molecule has 0 spiro atoms. The monoisotopic (exact) mass is 219 g/mol. The quantitative estimate of drug-likeness (QED) is 0.779. The second-order valence-corrected chi connectivity index (χ2v) is 3.43. The Balaban J connectivity index is 2.03. The molecule has 0 radical (unpaired) electrons. The minimum atomic E-state index is -0.243. The van der Waals surface area contributed by atoms with Crippen molar-refractivity contribution in [3.05, 3.63) is 35.7 Å². The molecule has 1 atom stereocenters. The van der Waals surface area contributed by atoms with E-state index in [1.54, 1.807) is 7.11 Å². The second kappa shape index (κ2) is 4.71. The Hall–Kier alpha value is -1.95. The summed E-state index contributed by atoms with van der Waals surface area (Å²) in [6, 6.07) is 7.50. The van der Waals surface area contributed by atoms with E-state index in [1.165, 1.54) is 0 Å². The van der Waals surface area contributed by atoms with Crippen molar-refractivity contribution in [1.82, 2.24) is 20.6 Å². The fourth-order valence-corrected chi connectivity index (χ4v) is 1.43. The van der Waals surface area contributed by atoms with Gasteiger partial charge in [-0.15, -0.1) is 10.2 Å². The van der Waals surface area contributed by atoms with Gasteiger partial charge < -0.3 is 10.5 Å². The van der Waals surface area contributed by atoms with Crippen LogP contribution < -0.4 is 10.5 Å². The first-order valence-corrected chi connectivity index (χ1v) is 4.91. The van der Waals surface area contributed by atoms with Crippen LogP contribution in [0.5, 0.6) is 5.75 Å². The zero-order chi connectivity index (χ0) is 11.4. The molecule has 0 unspecified atom stereocenters. The van der Waals surface area contributed by atoms with Crippen molar-refractivity contribution >= 4 is 0 Å². The van der Waals surface area contributed by atoms with Gasteiger partial charge in [-0.3, -0.25) is 0 Å². The normalized spacial score (nSPS) is 12.4. The first-order valence-electron chi connectivity index (χ1n) is 4.91. The van der Waals surface area contributed by atoms with E-state index in [-0.39, 0.29) is 6.04 Å². The van der Waals surface area contributed by atoms with Crippen LogP contribution in [0, 0.1) is 0 Å². The van der Waals surface area contributed by atoms with Crippen molar-refractivity contribution in [2.75, 3.05) is 7.11 Å². The summed E-state index contributed by atoms with van der Waals surface area (Å²) < 4.78 is 5.08. The van der Waals surface area contributed by atoms with Crippen LogP contribution in [0.2, 0.25) is 0 Å². The van der Waals surface area contributed by atoms with Gasteiger partial charge in [0.25, 0.3) is 0 Å². The van der Waals surface area contributed by atoms with Gasteiger partial charge in [0.15, 0.2) is 5.82 Å². The molecule has 0 aliphatic heterocycles. The van der Waals surface area contributed by atoms with Gasteiger partial charge in [-0.05, 0) is 24.1 Å². The molecule has 1 aromatic carbocycles. The summed E-state index contributed by atoms with van der Waals surface area (Å²) in [5.74, 6) is 1.35. The molecule has 0 aliphatic rings. The number of aromatic amines is 1. The van der Waals surface area contributed by atoms with E-state index in [0.29, 0.717) is 12.2 Å². The van der Waals surface area contributed by atoms with Crippen LogP contribution in [0.4, 0.5) is 0 Å². The Bertz CT molecular complexity index is 425. The highest BCUT2D eigenvalue weighted by Crippen LogP contribution is 2.15. The highest BCUT2D eigenvalue weighted by molar-refractivity contribution is 5.27. The Morgan fingerprint density at radius 2 is 2.12 bits per heavy atom. The van der Waals surface area contributed by atoms with Gasteiger partial charge in [-0.1, -0.05) is 17.3 Å². The van der Waals surface area contributed by atoms with Crippen molar-refractivity contribution in [3.8, 4) is 5.75 Å². The Kier molecular flexibility index (Phi) is 3.11. The molecule has 16 heavy (non-hydrogen) atoms. The van der Waals surface area contributed by atoms with E-state index in [2.05, 4.69) is 20.6 Å². The largest absolute Gasteiger partial charge is 0.497 e. The van der Waals surface area contributed by atoms with Crippen LogP contribution in [0.1, 0.15) is 17.4 Å². The molecule has 0 saturated heterocycles. The van der Waals surface area contributed by atoms with Gasteiger partial charge in [-0.25, -0.2) is 0 Å². The average molecular weight is 219 g/mol. The molecule has 1 heterocycles. The number of tetrazole rings is 1. The van der Waals surface area contributed by atoms with Crippen LogP contribution in [0.25, 0.3) is 0 Å². The summed E-state index contributed by atoms with van der Waals surface area (Å²) >= 11 is 0. The number of aromatic nitrogens is 4. The lowest BCUT2D eigenvalue weighted by Crippen LogP contribution is -2.15. The fourth-order valence-electron chi connectivity index (χ4n) is 1.43. The average Bonchev–Trinajstić information content (AvgIpc) is 2.83. The summed E-state index contributed by atoms with van der Waals surface area (Å²) in [4.78, 5) is 0. The van der Waals surface area contributed by atoms with Gasteiger partial charge in [0.05, 0.1) is 13.2 Å². The molecule has 6 heteroatoms. The number of nitrogens with two attached hydrogens (primary N) is 1. The van der Waals surface area contributed by atoms with Gasteiger partial charge in [0, 0.05) is 0 Å². The first kappa shape index (κ1) is 10.6. The van der Waals surface area contributed by atoms with E-state index in [9.17, 15) is 0 Å². The van der Waals surface area contributed by atoms with Crippen molar-refractivity contribution in [3.63, 3.8) is 0 Å². The van der Waals surface area contributed by atoms with Crippen LogP contribution in [-0.2, 0) is 6.42 Å². The number of benzene rings is 1. The maximum atomic E-state index is 5.93. The fraction of sp³-hybridized carbons (Fsp3) is 0.300. The van der Waals surface area contributed by atoms with E-state index >= 15 is 0 Å². The summed E-state index contributed by atoms with van der Waals surface area (Å²) in [7, 11) is 1.64. The zero-order valence-corrected chi connectivity index (χ0v) is 8.92. The van der Waals surface area contributed by atoms with Crippen LogP contribution in [0.15, 0.2) is 24.3 Å². The Morgan fingerprint density at radius 1 is 1.38 bits per heavy atom. The molecule has 0 fully saturated rings. The number of hydrogen-bond acceptors (Lipinski definition) is 5. The second-order valence-electron chi connectivity index (χ2n) is 3.43. The number of H-pyrrole nitrogens is 1. The van der Waals surface area contributed by atoms with E-state index < -0.39 is 0 Å². The lowest BCUT2D eigenvalue weighted by Gasteiger charge is -2.07. The number of methoxy groups -OCH3 is 1. The first-order chi connectivity index (χ1) is 7.79. The third-order valence-electron chi connectivity index (χ3n) is 2.31. The lowest BCUT2D eigenvalue weighted by atomic mass is 10.1. The molecular weight excluding hydrogens is 206 g/mol. The topological polar surface area (TPSA) is 89.7 Å². The molecule has 0 saturated carbocycles. The molecule has 0 aliphatic carbocycles. The lowest BCUT2D eigenvalue weighted by molar-refractivity contribution is 0.414. The van der Waals surface area contributed by atoms with Crippen molar-refractivity contribution < 1.29 is 4.74 Å². The van der Waals surface area contributed by atoms with Gasteiger partial charge >= 0.3 is 0 Å². The van der Waals surface area contributed by atoms with E-state index in [1.807, 2.05) is 24.3 Å². The maximum absolute atomic E-state index is 5.93. The van der Waals surface area contributed by atoms with Gasteiger partial charge in [0.1, 0.15) is 5.75 Å². The summed E-state index contributed by atoms with van der Waals surface area (Å²) in [5, 5.41) is 13.6. The van der Waals surface area contributed by atoms with Crippen LogP contribution in [-0.4, -0.2) is 27.7 Å². The predicted molar refractivity (Wildman–Crippen MR) is 57.8 cm³/mol. The number of ether oxygens (including phenoxy) is 1. The molecule has 1 aromatic heterocycles. The molecule has 0 bridgehead atoms. The third kappa shape index (κ3) is 2.34. The standard InChI is InChI=1S/C10H13N5O/c1-16-8-4-2-7(3-5-8)6-9(11)10-12-14-15-13-10/h2-5,9H,6,11H2,1H3,(H,12,13,14,15)/t9-/m0/s1. The minimum absolute atomic E-state index is 0.243. The minimum Gasteiger partial charge on any atom is -0.497 e. The third-order valence-corrected chi connectivity index (χ3v) is 2.31. The van der Waals surface area contributed by atoms with Crippen molar-refractivity contribution in [1.29, 1.82) is 0 Å². The smallest absolute Gasteiger partial charge is 0.191 e. The number of hydrogen-bond donors (Lipinski definition) is 2. The molecule has 84 valence electrons. The summed E-state index contributed by atoms with van der Waals surface area (Å²) in [6.45, 7) is 0. The SMILES string of the molecule is COc1ccc(C[C@H](N)c2nn[nH]n2)cc1. The van der Waals surface area contributed by atoms with Crippen molar-refractivity contribution in [2.45, 2.75) is 12.5 Å². The van der Waals surface area contributed by atoms with Gasteiger partial charge in [-0.2, -0.15) is 5.21 Å². The Morgan fingerprint density at radius 3 is 2.69 bits per heavy atom. The number of rotatable bonds is 4. The molecule has 2 rings (SSSR count). The summed E-state index contributed by atoms with van der Waals surface area (Å²) in [6.07, 6.45) is 0.670. The van der Waals surface area contributed by atoms with E-state index in [0.717, 1.165) is 11.3 Å². The summed E-state index contributed by atoms with van der Waals surface area (Å²) in [5.41, 5.74) is 7.04. The Labute approximate surface area is 92.8 Å². The molecule has 2 aromatic rings. The zero-order valence-electron chi connectivity index (χ0n) is 8.92. The predicted octanol–water partition coefficient (Wildman–Crippen LogP) is 0.451. The van der Waals surface area contributed by atoms with Crippen molar-refractivity contribution in [2.24, 2.45) is 5.73 Å². The number of nitrogens with one attached hydrogen (secondary N) is 1. The van der Waals surface area contributed by atoms with Crippen LogP contribution >= 0.6 is 0 Å². The molecule has 0 amide bonds. The molecule has 6 nitrogen and oxygen atoms in total. The highest BCUT2D eigenvalue weighted by atomic mass is 16.5. The molecule has 3 N–H and O–H groups in total. The number of nitrogens with zero attached hydrogens (tertiary/aromatic N) is 3. The van der Waals surface area contributed by atoms with Crippen LogP contribution in [0.3, 0.4) is 0 Å². The van der Waals surface area contributed by atoms with Gasteiger partial charge in [0.2, 0.25) is 0 Å². The maximum Gasteiger partial charge on any atom is 0.191 e. The van der Waals surface area contributed by atoms with E-state index in [4.69, 9.17) is 10.5 Å². The molecular formula is C10H13N5O. The highest BCUT2D eigenvalue weighted by Gasteiger charge is 2.11.